The highest BCUT2D eigenvalue weighted by atomic mass is 16.5. The first-order valence-corrected chi connectivity index (χ1v) is 11.4. The van der Waals surface area contributed by atoms with Crippen LogP contribution in [0.3, 0.4) is 0 Å². The lowest BCUT2D eigenvalue weighted by Crippen LogP contribution is -2.39. The van der Waals surface area contributed by atoms with Crippen molar-refractivity contribution in [1.29, 1.82) is 0 Å². The largest absolute Gasteiger partial charge is 0.493 e. The minimum absolute atomic E-state index is 0.0487. The molecule has 2 N–H and O–H groups in total. The van der Waals surface area contributed by atoms with Gasteiger partial charge in [0.15, 0.2) is 11.5 Å². The molecule has 4 aromatic rings. The Balaban J connectivity index is 1.45. The van der Waals surface area contributed by atoms with E-state index in [9.17, 15) is 4.79 Å². The molecule has 1 saturated carbocycles. The van der Waals surface area contributed by atoms with E-state index in [-0.39, 0.29) is 11.9 Å². The summed E-state index contributed by atoms with van der Waals surface area (Å²) in [4.78, 5) is 21.8. The van der Waals surface area contributed by atoms with Crippen LogP contribution < -0.4 is 24.8 Å². The SMILES string of the molecule is COc1cc(Nc2ncc3ccn(-c4cccc(C(=O)NC5CCC5)c4)c3n2)cc(OC)c1OC. The summed E-state index contributed by atoms with van der Waals surface area (Å²) >= 11 is 0. The van der Waals surface area contributed by atoms with Crippen molar-refractivity contribution in [2.75, 3.05) is 26.6 Å². The molecule has 1 fully saturated rings. The lowest BCUT2D eigenvalue weighted by atomic mass is 9.93. The number of ether oxygens (including phenoxy) is 3. The predicted octanol–water partition coefficient (Wildman–Crippen LogP) is 4.47. The van der Waals surface area contributed by atoms with Crippen molar-refractivity contribution in [3.05, 3.63) is 60.4 Å². The van der Waals surface area contributed by atoms with E-state index >= 15 is 0 Å². The van der Waals surface area contributed by atoms with Crippen molar-refractivity contribution >= 4 is 28.6 Å². The fourth-order valence-corrected chi connectivity index (χ4v) is 4.09. The monoisotopic (exact) mass is 473 g/mol. The predicted molar refractivity (Wildman–Crippen MR) is 133 cm³/mol. The quantitative estimate of drug-likeness (QED) is 0.389. The lowest BCUT2D eigenvalue weighted by Gasteiger charge is -2.26. The molecule has 1 amide bonds. The summed E-state index contributed by atoms with van der Waals surface area (Å²) in [5.41, 5.74) is 2.87. The number of rotatable bonds is 8. The molecule has 2 heterocycles. The fourth-order valence-electron chi connectivity index (χ4n) is 4.09. The molecule has 0 radical (unpaired) electrons. The Bertz CT molecular complexity index is 1350. The van der Waals surface area contributed by atoms with Crippen molar-refractivity contribution < 1.29 is 19.0 Å². The Morgan fingerprint density at radius 2 is 1.80 bits per heavy atom. The second-order valence-corrected chi connectivity index (χ2v) is 8.35. The van der Waals surface area contributed by atoms with Gasteiger partial charge in [-0.1, -0.05) is 6.07 Å². The second kappa shape index (κ2) is 9.54. The average Bonchev–Trinajstić information content (AvgIpc) is 3.28. The number of anilines is 2. The number of methoxy groups -OCH3 is 3. The highest BCUT2D eigenvalue weighted by Crippen LogP contribution is 2.40. The molecule has 180 valence electrons. The number of hydrogen-bond donors (Lipinski definition) is 2. The molecule has 9 heteroatoms. The van der Waals surface area contributed by atoms with Gasteiger partial charge in [0.1, 0.15) is 5.65 Å². The second-order valence-electron chi connectivity index (χ2n) is 8.35. The first-order chi connectivity index (χ1) is 17.1. The zero-order chi connectivity index (χ0) is 24.4. The van der Waals surface area contributed by atoms with E-state index in [4.69, 9.17) is 19.2 Å². The van der Waals surface area contributed by atoms with Crippen LogP contribution in [0.4, 0.5) is 11.6 Å². The number of amides is 1. The Morgan fingerprint density at radius 1 is 1.03 bits per heavy atom. The summed E-state index contributed by atoms with van der Waals surface area (Å²) in [6, 6.07) is 13.4. The summed E-state index contributed by atoms with van der Waals surface area (Å²) in [6.07, 6.45) is 6.95. The molecule has 35 heavy (non-hydrogen) atoms. The molecular weight excluding hydrogens is 446 g/mol. The standard InChI is InChI=1S/C26H27N5O4/c1-33-21-13-19(14-22(34-2)23(21)35-3)29-26-27-15-17-10-11-31(24(17)30-26)20-9-4-6-16(12-20)25(32)28-18-7-5-8-18/h4,6,9-15,18H,5,7-8H2,1-3H3,(H,28,32)(H,27,29,30). The van der Waals surface area contributed by atoms with Crippen LogP contribution in [-0.4, -0.2) is 47.8 Å². The average molecular weight is 474 g/mol. The zero-order valence-electron chi connectivity index (χ0n) is 19.9. The Kier molecular flexibility index (Phi) is 6.13. The van der Waals surface area contributed by atoms with Crippen LogP contribution in [0.25, 0.3) is 16.7 Å². The highest BCUT2D eigenvalue weighted by Gasteiger charge is 2.20. The van der Waals surface area contributed by atoms with Crippen LogP contribution >= 0.6 is 0 Å². The normalized spacial score (nSPS) is 13.2. The molecule has 0 aliphatic heterocycles. The van der Waals surface area contributed by atoms with Gasteiger partial charge in [-0.05, 0) is 43.5 Å². The van der Waals surface area contributed by atoms with Crippen LogP contribution in [0.5, 0.6) is 17.2 Å². The van der Waals surface area contributed by atoms with Gasteiger partial charge in [-0.2, -0.15) is 4.98 Å². The van der Waals surface area contributed by atoms with Crippen LogP contribution in [0.15, 0.2) is 54.9 Å². The fraction of sp³-hybridized carbons (Fsp3) is 0.269. The van der Waals surface area contributed by atoms with E-state index in [1.54, 1.807) is 39.7 Å². The molecule has 1 aliphatic rings. The number of carbonyl (C=O) groups is 1. The number of hydrogen-bond acceptors (Lipinski definition) is 7. The zero-order valence-corrected chi connectivity index (χ0v) is 19.9. The number of benzene rings is 2. The van der Waals surface area contributed by atoms with Gasteiger partial charge in [-0.15, -0.1) is 0 Å². The Labute approximate surface area is 203 Å². The molecule has 9 nitrogen and oxygen atoms in total. The summed E-state index contributed by atoms with van der Waals surface area (Å²) < 4.78 is 18.2. The van der Waals surface area contributed by atoms with Crippen LogP contribution in [-0.2, 0) is 0 Å². The van der Waals surface area contributed by atoms with Crippen molar-refractivity contribution in [1.82, 2.24) is 19.9 Å². The number of nitrogens with zero attached hydrogens (tertiary/aromatic N) is 3. The van der Waals surface area contributed by atoms with Crippen molar-refractivity contribution in [2.45, 2.75) is 25.3 Å². The van der Waals surface area contributed by atoms with E-state index in [1.165, 1.54) is 6.42 Å². The molecule has 0 unspecified atom stereocenters. The van der Waals surface area contributed by atoms with Gasteiger partial charge < -0.3 is 29.4 Å². The molecule has 0 atom stereocenters. The van der Waals surface area contributed by atoms with Crippen LogP contribution in [0.2, 0.25) is 0 Å². The highest BCUT2D eigenvalue weighted by molar-refractivity contribution is 5.95. The van der Waals surface area contributed by atoms with Gasteiger partial charge in [0.2, 0.25) is 11.7 Å². The third-order valence-corrected chi connectivity index (χ3v) is 6.18. The summed E-state index contributed by atoms with van der Waals surface area (Å²) in [6.45, 7) is 0. The third kappa shape index (κ3) is 4.44. The molecule has 1 aliphatic carbocycles. The molecule has 0 spiro atoms. The van der Waals surface area contributed by atoms with E-state index in [1.807, 2.05) is 41.1 Å². The van der Waals surface area contributed by atoms with E-state index in [2.05, 4.69) is 15.6 Å². The van der Waals surface area contributed by atoms with Gasteiger partial charge in [-0.25, -0.2) is 4.98 Å². The third-order valence-electron chi connectivity index (χ3n) is 6.18. The van der Waals surface area contributed by atoms with E-state index < -0.39 is 0 Å². The first kappa shape index (κ1) is 22.5. The smallest absolute Gasteiger partial charge is 0.251 e. The topological polar surface area (TPSA) is 99.5 Å². The maximum atomic E-state index is 12.7. The van der Waals surface area contributed by atoms with Gasteiger partial charge in [0.05, 0.1) is 21.3 Å². The van der Waals surface area contributed by atoms with Crippen LogP contribution in [0, 0.1) is 0 Å². The molecular formula is C26H27N5O4. The van der Waals surface area contributed by atoms with Crippen LogP contribution in [0.1, 0.15) is 29.6 Å². The van der Waals surface area contributed by atoms with Crippen molar-refractivity contribution in [3.8, 4) is 22.9 Å². The molecule has 0 bridgehead atoms. The van der Waals surface area contributed by atoms with Crippen molar-refractivity contribution in [2.24, 2.45) is 0 Å². The van der Waals surface area contributed by atoms with Gasteiger partial charge >= 0.3 is 0 Å². The summed E-state index contributed by atoms with van der Waals surface area (Å²) in [7, 11) is 4.69. The molecule has 0 saturated heterocycles. The van der Waals surface area contributed by atoms with Gasteiger partial charge in [0.25, 0.3) is 5.91 Å². The molecule has 2 aromatic carbocycles. The first-order valence-electron chi connectivity index (χ1n) is 11.4. The number of carbonyl (C=O) groups excluding carboxylic acids is 1. The summed E-state index contributed by atoms with van der Waals surface area (Å²) in [5, 5.41) is 7.19. The minimum atomic E-state index is -0.0487. The number of nitrogens with one attached hydrogen (secondary N) is 2. The Hall–Kier alpha value is -4.27. The number of fused-ring (bicyclic) bond motifs is 1. The lowest BCUT2D eigenvalue weighted by molar-refractivity contribution is 0.0917. The molecule has 2 aromatic heterocycles. The maximum absolute atomic E-state index is 12.7. The Morgan fingerprint density at radius 3 is 2.46 bits per heavy atom. The minimum Gasteiger partial charge on any atom is -0.493 e. The van der Waals surface area contributed by atoms with Gasteiger partial charge in [-0.3, -0.25) is 4.79 Å². The summed E-state index contributed by atoms with van der Waals surface area (Å²) in [5.74, 6) is 1.91. The maximum Gasteiger partial charge on any atom is 0.251 e. The van der Waals surface area contributed by atoms with E-state index in [0.29, 0.717) is 40.1 Å². The number of aromatic nitrogens is 3. The molecule has 5 rings (SSSR count). The van der Waals surface area contributed by atoms with Crippen molar-refractivity contribution in [3.63, 3.8) is 0 Å². The van der Waals surface area contributed by atoms with E-state index in [0.717, 1.165) is 23.9 Å². The van der Waals surface area contributed by atoms with Gasteiger partial charge in [0, 0.05) is 52.9 Å².